The van der Waals surface area contributed by atoms with Gasteiger partial charge in [0.2, 0.25) is 11.8 Å². The van der Waals surface area contributed by atoms with Crippen molar-refractivity contribution in [3.05, 3.63) is 130 Å². The standard InChI is InChI=1S/2C20H21.C6H12BN2O2.2ClH.Zr/c2*1-4-7-16-12-17-9-6-11-19(20(17)13-16)18-10-5-8-14(2)15(18)3;1-3-5(10)8-7-9-6(11)4-2;;;/h2*5-6,8-13H,4,7H2,1-3H3;3-4H2,1-2H3,(H,8,10)(H,9,11);2*1H;/q2*-1;;;;+4/p-2. The van der Waals surface area contributed by atoms with Gasteiger partial charge in [0.05, 0.1) is 0 Å². The second kappa shape index (κ2) is 23.5. The number of benzene rings is 4. The Kier molecular flexibility index (Phi) is 19.5. The van der Waals surface area contributed by atoms with Crippen LogP contribution in [0.3, 0.4) is 0 Å². The third kappa shape index (κ3) is 12.8. The molecule has 0 atom stereocenters. The molecule has 6 aromatic carbocycles. The number of aryl methyl sites for hydroxylation is 4. The van der Waals surface area contributed by atoms with Crippen molar-refractivity contribution in [2.45, 2.75) is 93.9 Å². The first-order valence-corrected chi connectivity index (χ1v) is 25.2. The van der Waals surface area contributed by atoms with Crippen LogP contribution in [0.15, 0.2) is 97.1 Å². The van der Waals surface area contributed by atoms with Gasteiger partial charge in [0, 0.05) is 12.8 Å². The van der Waals surface area contributed by atoms with E-state index < -0.39 is 20.8 Å². The summed E-state index contributed by atoms with van der Waals surface area (Å²) >= 11 is -0.826. The molecule has 2 N–H and O–H groups in total. The molecule has 0 aliphatic rings. The Balaban J connectivity index is 0.000000219. The molecular weight excluding hydrogens is 785 g/mol. The molecule has 4 nitrogen and oxygen atoms in total. The van der Waals surface area contributed by atoms with Crippen LogP contribution in [-0.4, -0.2) is 19.4 Å². The van der Waals surface area contributed by atoms with E-state index in [1.807, 2.05) is 0 Å². The first kappa shape index (κ1) is 45.0. The second-order valence-electron chi connectivity index (χ2n) is 13.4. The van der Waals surface area contributed by atoms with Crippen molar-refractivity contribution in [1.82, 2.24) is 10.5 Å². The van der Waals surface area contributed by atoms with Crippen molar-refractivity contribution in [2.75, 3.05) is 0 Å². The molecule has 8 heteroatoms. The van der Waals surface area contributed by atoms with Crippen LogP contribution < -0.4 is 10.5 Å². The molecule has 0 fully saturated rings. The maximum atomic E-state index is 10.6. The van der Waals surface area contributed by atoms with E-state index in [0.717, 1.165) is 0 Å². The zero-order chi connectivity index (χ0) is 39.6. The van der Waals surface area contributed by atoms with Gasteiger partial charge in [-0.25, -0.2) is 0 Å². The van der Waals surface area contributed by atoms with Crippen LogP contribution in [0.25, 0.3) is 43.8 Å². The van der Waals surface area contributed by atoms with Crippen molar-refractivity contribution in [3.63, 3.8) is 0 Å². The second-order valence-corrected chi connectivity index (χ2v) is 17.1. The Morgan fingerprint density at radius 2 is 0.944 bits per heavy atom. The number of carbonyl (C=O) groups excluding carboxylic acids is 2. The van der Waals surface area contributed by atoms with Crippen LogP contribution in [0.1, 0.15) is 86.8 Å². The number of carbonyl (C=O) groups is 2. The van der Waals surface area contributed by atoms with E-state index in [1.54, 1.807) is 13.8 Å². The fourth-order valence-corrected chi connectivity index (χ4v) is 6.42. The summed E-state index contributed by atoms with van der Waals surface area (Å²) in [6, 6.07) is 35.9. The summed E-state index contributed by atoms with van der Waals surface area (Å²) in [5.41, 5.74) is 13.9. The van der Waals surface area contributed by atoms with Gasteiger partial charge in [-0.2, -0.15) is 12.1 Å². The van der Waals surface area contributed by atoms with E-state index in [9.17, 15) is 9.59 Å². The third-order valence-electron chi connectivity index (χ3n) is 9.60. The van der Waals surface area contributed by atoms with Crippen molar-refractivity contribution >= 4 is 57.9 Å². The van der Waals surface area contributed by atoms with E-state index in [1.165, 1.54) is 110 Å². The Bertz CT molecular complexity index is 1950. The predicted octanol–water partition coefficient (Wildman–Crippen LogP) is 12.5. The molecule has 0 heterocycles. The summed E-state index contributed by atoms with van der Waals surface area (Å²) in [5, 5.41) is 10.3. The zero-order valence-electron chi connectivity index (χ0n) is 33.1. The molecule has 0 aliphatic heterocycles. The summed E-state index contributed by atoms with van der Waals surface area (Å²) in [7, 11) is 11.1. The van der Waals surface area contributed by atoms with E-state index in [2.05, 4.69) is 149 Å². The van der Waals surface area contributed by atoms with Crippen molar-refractivity contribution in [1.29, 1.82) is 0 Å². The first-order valence-electron chi connectivity index (χ1n) is 18.9. The van der Waals surface area contributed by atoms with Gasteiger partial charge in [-0.15, -0.1) is 69.1 Å². The number of fused-ring (bicyclic) bond motifs is 2. The van der Waals surface area contributed by atoms with Gasteiger partial charge < -0.3 is 10.5 Å². The Hall–Kier alpha value is -3.43. The van der Waals surface area contributed by atoms with Crippen LogP contribution in [0, 0.1) is 27.7 Å². The van der Waals surface area contributed by atoms with Crippen LogP contribution in [0.4, 0.5) is 0 Å². The fraction of sp³-hybridized carbons (Fsp3) is 0.304. The Morgan fingerprint density at radius 3 is 1.30 bits per heavy atom. The molecule has 6 aromatic rings. The normalized spacial score (nSPS) is 10.2. The molecule has 0 aromatic heterocycles. The Labute approximate surface area is 343 Å². The molecule has 6 rings (SSSR count). The van der Waals surface area contributed by atoms with Gasteiger partial charge in [-0.05, 0) is 73.9 Å². The first-order chi connectivity index (χ1) is 26.0. The van der Waals surface area contributed by atoms with Gasteiger partial charge in [-0.1, -0.05) is 100 Å². The predicted molar refractivity (Wildman–Crippen MR) is 231 cm³/mol. The summed E-state index contributed by atoms with van der Waals surface area (Å²) in [5.74, 6) is -0.220. The van der Waals surface area contributed by atoms with Crippen LogP contribution in [-0.2, 0) is 43.3 Å². The third-order valence-corrected chi connectivity index (χ3v) is 9.60. The zero-order valence-corrected chi connectivity index (χ0v) is 37.1. The van der Waals surface area contributed by atoms with Crippen LogP contribution in [0.2, 0.25) is 0 Å². The van der Waals surface area contributed by atoms with Crippen molar-refractivity contribution < 1.29 is 30.4 Å². The van der Waals surface area contributed by atoms with Gasteiger partial charge in [-0.3, -0.25) is 9.59 Å². The molecule has 0 saturated carbocycles. The van der Waals surface area contributed by atoms with Crippen molar-refractivity contribution in [3.8, 4) is 22.3 Å². The van der Waals surface area contributed by atoms with E-state index >= 15 is 0 Å². The summed E-state index contributed by atoms with van der Waals surface area (Å²) in [4.78, 5) is 21.2. The number of rotatable bonds is 10. The molecule has 2 amide bonds. The van der Waals surface area contributed by atoms with Crippen LogP contribution in [0.5, 0.6) is 0 Å². The monoisotopic (exact) mass is 837 g/mol. The number of hydrogen-bond acceptors (Lipinski definition) is 2. The number of halogens is 2. The fourth-order valence-electron chi connectivity index (χ4n) is 6.42. The van der Waals surface area contributed by atoms with E-state index in [0.29, 0.717) is 12.8 Å². The molecule has 0 unspecified atom stereocenters. The summed E-state index contributed by atoms with van der Waals surface area (Å²) in [6.07, 6.45) is 5.57. The molecule has 0 bridgehead atoms. The number of hydrogen-bond donors (Lipinski definition) is 2. The minimum absolute atomic E-state index is 0.110. The van der Waals surface area contributed by atoms with Crippen LogP contribution >= 0.6 is 17.0 Å². The molecule has 0 spiro atoms. The average Bonchev–Trinajstić information content (AvgIpc) is 3.78. The Morgan fingerprint density at radius 1 is 0.593 bits per heavy atom. The molecule has 1 radical (unpaired) electrons. The molecule has 0 saturated heterocycles. The number of nitrogens with one attached hydrogen (secondary N) is 2. The topological polar surface area (TPSA) is 58.2 Å². The minimum atomic E-state index is -0.826. The summed E-state index contributed by atoms with van der Waals surface area (Å²) < 4.78 is 0. The quantitative estimate of drug-likeness (QED) is 0.107. The van der Waals surface area contributed by atoms with Gasteiger partial charge in [0.25, 0.3) is 0 Å². The van der Waals surface area contributed by atoms with Gasteiger partial charge in [0.1, 0.15) is 0 Å². The van der Waals surface area contributed by atoms with E-state index in [4.69, 9.17) is 17.0 Å². The summed E-state index contributed by atoms with van der Waals surface area (Å²) in [6.45, 7) is 16.8. The SMILES string of the molecule is CCC(=O)N[B]NC(=O)CC.CCCc1cc2c(-c3cccc(C)c3C)cccc2[cH-]1.CCCc1cc2c(-c3cccc(C)c3C)cccc2[cH-]1.[Cl][Zr+2][Cl]. The average molecular weight is 840 g/mol. The maximum absolute atomic E-state index is 10.6. The van der Waals surface area contributed by atoms with Gasteiger partial charge >= 0.3 is 45.4 Å². The van der Waals surface area contributed by atoms with E-state index in [-0.39, 0.29) is 11.8 Å². The van der Waals surface area contributed by atoms with Crippen molar-refractivity contribution in [2.24, 2.45) is 0 Å². The molecule has 54 heavy (non-hydrogen) atoms. The molecular formula is C46H54BCl2N2O2Zr. The molecule has 0 aliphatic carbocycles. The molecule has 281 valence electrons. The van der Waals surface area contributed by atoms with Gasteiger partial charge in [0.15, 0.2) is 0 Å². The number of amides is 2.